The predicted molar refractivity (Wildman–Crippen MR) is 66.6 cm³/mol. The van der Waals surface area contributed by atoms with Crippen molar-refractivity contribution in [3.8, 4) is 0 Å². The highest BCUT2D eigenvalue weighted by atomic mass is 16.4. The lowest BCUT2D eigenvalue weighted by Crippen LogP contribution is -2.48. The molecule has 7 heteroatoms. The average molecular weight is 269 g/mol. The normalized spacial score (nSPS) is 17.7. The number of aliphatic carboxylic acids is 1. The van der Waals surface area contributed by atoms with Gasteiger partial charge < -0.3 is 20.2 Å². The van der Waals surface area contributed by atoms with E-state index in [4.69, 9.17) is 5.11 Å². The maximum atomic E-state index is 12.1. The molecular formula is C12H19N3O4. The Morgan fingerprint density at radius 3 is 2.26 bits per heavy atom. The summed E-state index contributed by atoms with van der Waals surface area (Å²) in [5.41, 5.74) is 0. The molecule has 3 amide bonds. The van der Waals surface area contributed by atoms with Crippen LogP contribution >= 0.6 is 0 Å². The first-order valence-corrected chi connectivity index (χ1v) is 6.50. The standard InChI is InChI=1S/C12H19N3O4/c1-14(6-10(16)13-8-2-3-8)12(19)15(7-11(17)18)9-4-5-9/h8-9H,2-7H2,1H3,(H,13,16)(H,17,18). The molecule has 0 bridgehead atoms. The highest BCUT2D eigenvalue weighted by Gasteiger charge is 2.35. The van der Waals surface area contributed by atoms with Gasteiger partial charge in [-0.2, -0.15) is 0 Å². The van der Waals surface area contributed by atoms with Gasteiger partial charge in [0.2, 0.25) is 5.91 Å². The molecule has 0 atom stereocenters. The number of nitrogens with zero attached hydrogens (tertiary/aromatic N) is 2. The van der Waals surface area contributed by atoms with Crippen LogP contribution in [-0.4, -0.2) is 65.0 Å². The molecule has 0 unspecified atom stereocenters. The minimum Gasteiger partial charge on any atom is -0.480 e. The van der Waals surface area contributed by atoms with Crippen molar-refractivity contribution in [1.82, 2.24) is 15.1 Å². The second-order valence-corrected chi connectivity index (χ2v) is 5.23. The number of hydrogen-bond acceptors (Lipinski definition) is 3. The van der Waals surface area contributed by atoms with Crippen LogP contribution in [-0.2, 0) is 9.59 Å². The Kier molecular flexibility index (Phi) is 3.92. The monoisotopic (exact) mass is 269 g/mol. The van der Waals surface area contributed by atoms with E-state index in [0.29, 0.717) is 0 Å². The van der Waals surface area contributed by atoms with Crippen LogP contribution in [0.4, 0.5) is 4.79 Å². The molecule has 2 aliphatic carbocycles. The second-order valence-electron chi connectivity index (χ2n) is 5.23. The summed E-state index contributed by atoms with van der Waals surface area (Å²) >= 11 is 0. The lowest BCUT2D eigenvalue weighted by atomic mass is 10.4. The van der Waals surface area contributed by atoms with E-state index in [1.807, 2.05) is 0 Å². The van der Waals surface area contributed by atoms with E-state index < -0.39 is 12.0 Å². The zero-order valence-electron chi connectivity index (χ0n) is 11.0. The molecule has 2 aliphatic rings. The largest absolute Gasteiger partial charge is 0.480 e. The van der Waals surface area contributed by atoms with Gasteiger partial charge in [0, 0.05) is 19.1 Å². The number of carbonyl (C=O) groups excluding carboxylic acids is 2. The summed E-state index contributed by atoms with van der Waals surface area (Å²) in [7, 11) is 1.52. The number of rotatable bonds is 6. The van der Waals surface area contributed by atoms with Crippen LogP contribution in [0.5, 0.6) is 0 Å². The van der Waals surface area contributed by atoms with E-state index in [0.717, 1.165) is 25.7 Å². The first-order chi connectivity index (χ1) is 8.97. The quantitative estimate of drug-likeness (QED) is 0.702. The smallest absolute Gasteiger partial charge is 0.323 e. The Hall–Kier alpha value is -1.79. The number of hydrogen-bond donors (Lipinski definition) is 2. The van der Waals surface area contributed by atoms with Gasteiger partial charge in [0.1, 0.15) is 13.1 Å². The van der Waals surface area contributed by atoms with Crippen LogP contribution < -0.4 is 5.32 Å². The molecule has 106 valence electrons. The van der Waals surface area contributed by atoms with E-state index in [2.05, 4.69) is 5.32 Å². The van der Waals surface area contributed by atoms with Gasteiger partial charge in [-0.05, 0) is 25.7 Å². The summed E-state index contributed by atoms with van der Waals surface area (Å²) in [5.74, 6) is -1.22. The van der Waals surface area contributed by atoms with Gasteiger partial charge in [0.05, 0.1) is 0 Å². The van der Waals surface area contributed by atoms with Crippen molar-refractivity contribution < 1.29 is 19.5 Å². The van der Waals surface area contributed by atoms with E-state index in [-0.39, 0.29) is 31.1 Å². The van der Waals surface area contributed by atoms with Gasteiger partial charge in [-0.3, -0.25) is 9.59 Å². The Balaban J connectivity index is 1.84. The molecule has 19 heavy (non-hydrogen) atoms. The van der Waals surface area contributed by atoms with Gasteiger partial charge in [-0.25, -0.2) is 4.79 Å². The second kappa shape index (κ2) is 5.46. The van der Waals surface area contributed by atoms with Crippen molar-refractivity contribution in [3.05, 3.63) is 0 Å². The molecule has 0 spiro atoms. The van der Waals surface area contributed by atoms with Gasteiger partial charge in [-0.15, -0.1) is 0 Å². The van der Waals surface area contributed by atoms with Crippen LogP contribution in [0, 0.1) is 0 Å². The molecule has 0 radical (unpaired) electrons. The Labute approximate surface area is 111 Å². The average Bonchev–Trinajstić information content (AvgIpc) is 3.16. The Morgan fingerprint density at radius 1 is 1.16 bits per heavy atom. The molecule has 2 rings (SSSR count). The Morgan fingerprint density at radius 2 is 1.79 bits per heavy atom. The third kappa shape index (κ3) is 4.11. The summed E-state index contributed by atoms with van der Waals surface area (Å²) in [6.07, 6.45) is 3.66. The number of amides is 3. The molecule has 2 fully saturated rings. The summed E-state index contributed by atoms with van der Waals surface area (Å²) in [6.45, 7) is -0.337. The fraction of sp³-hybridized carbons (Fsp3) is 0.750. The summed E-state index contributed by atoms with van der Waals surface area (Å²) in [5, 5.41) is 11.6. The third-order valence-corrected chi connectivity index (χ3v) is 3.19. The molecular weight excluding hydrogens is 250 g/mol. The minimum absolute atomic E-state index is 0.0116. The minimum atomic E-state index is -1.03. The van der Waals surface area contributed by atoms with Gasteiger partial charge >= 0.3 is 12.0 Å². The van der Waals surface area contributed by atoms with Gasteiger partial charge in [0.25, 0.3) is 0 Å². The van der Waals surface area contributed by atoms with E-state index in [1.54, 1.807) is 0 Å². The fourth-order valence-corrected chi connectivity index (χ4v) is 1.89. The molecule has 2 saturated carbocycles. The number of nitrogens with one attached hydrogen (secondary N) is 1. The first kappa shape index (κ1) is 13.6. The first-order valence-electron chi connectivity index (χ1n) is 6.50. The van der Waals surface area contributed by atoms with E-state index in [9.17, 15) is 14.4 Å². The van der Waals surface area contributed by atoms with Crippen molar-refractivity contribution in [2.45, 2.75) is 37.8 Å². The van der Waals surface area contributed by atoms with Crippen LogP contribution in [0.1, 0.15) is 25.7 Å². The Bertz CT molecular complexity index is 390. The van der Waals surface area contributed by atoms with Crippen molar-refractivity contribution in [2.75, 3.05) is 20.1 Å². The molecule has 7 nitrogen and oxygen atoms in total. The SMILES string of the molecule is CN(CC(=O)NC1CC1)C(=O)N(CC(=O)O)C1CC1. The van der Waals surface area contributed by atoms with Crippen LogP contribution in [0.15, 0.2) is 0 Å². The van der Waals surface area contributed by atoms with Crippen LogP contribution in [0.2, 0.25) is 0 Å². The molecule has 0 aromatic rings. The summed E-state index contributed by atoms with van der Waals surface area (Å²) < 4.78 is 0. The molecule has 0 saturated heterocycles. The van der Waals surface area contributed by atoms with Gasteiger partial charge in [-0.1, -0.05) is 0 Å². The highest BCUT2D eigenvalue weighted by molar-refractivity contribution is 5.86. The summed E-state index contributed by atoms with van der Waals surface area (Å²) in [4.78, 5) is 37.1. The molecule has 0 aromatic heterocycles. The highest BCUT2D eigenvalue weighted by Crippen LogP contribution is 2.27. The van der Waals surface area contributed by atoms with Crippen LogP contribution in [0.3, 0.4) is 0 Å². The molecule has 2 N–H and O–H groups in total. The van der Waals surface area contributed by atoms with Crippen molar-refractivity contribution in [2.24, 2.45) is 0 Å². The zero-order valence-corrected chi connectivity index (χ0v) is 11.0. The number of urea groups is 1. The maximum absolute atomic E-state index is 12.1. The predicted octanol–water partition coefficient (Wildman–Crippen LogP) is -0.134. The van der Waals surface area contributed by atoms with Crippen molar-refractivity contribution >= 4 is 17.9 Å². The van der Waals surface area contributed by atoms with Crippen molar-refractivity contribution in [3.63, 3.8) is 0 Å². The third-order valence-electron chi connectivity index (χ3n) is 3.19. The van der Waals surface area contributed by atoms with E-state index in [1.165, 1.54) is 16.8 Å². The van der Waals surface area contributed by atoms with E-state index >= 15 is 0 Å². The molecule has 0 heterocycles. The topological polar surface area (TPSA) is 90.0 Å². The number of carboxylic acid groups (broad SMARTS) is 1. The van der Waals surface area contributed by atoms with Crippen molar-refractivity contribution in [1.29, 1.82) is 0 Å². The lowest BCUT2D eigenvalue weighted by Gasteiger charge is -2.26. The summed E-state index contributed by atoms with van der Waals surface area (Å²) in [6, 6.07) is -0.122. The number of likely N-dealkylation sites (N-methyl/N-ethyl adjacent to an activating group) is 1. The molecule has 0 aromatic carbocycles. The maximum Gasteiger partial charge on any atom is 0.323 e. The van der Waals surface area contributed by atoms with Crippen LogP contribution in [0.25, 0.3) is 0 Å². The number of carbonyl (C=O) groups is 3. The van der Waals surface area contributed by atoms with Gasteiger partial charge in [0.15, 0.2) is 0 Å². The molecule has 0 aliphatic heterocycles. The fourth-order valence-electron chi connectivity index (χ4n) is 1.89. The lowest BCUT2D eigenvalue weighted by molar-refractivity contribution is -0.137. The number of carboxylic acids is 1. The zero-order chi connectivity index (χ0) is 14.0.